The molecule has 4 nitrogen and oxygen atoms in total. The summed E-state index contributed by atoms with van der Waals surface area (Å²) < 4.78 is 43.6. The van der Waals surface area contributed by atoms with Crippen LogP contribution in [0.1, 0.15) is 44.1 Å². The Morgan fingerprint density at radius 1 is 1.28 bits per heavy atom. The Kier molecular flexibility index (Phi) is 5.39. The van der Waals surface area contributed by atoms with E-state index in [9.17, 15) is 23.1 Å². The van der Waals surface area contributed by atoms with Crippen LogP contribution < -0.4 is 10.1 Å². The van der Waals surface area contributed by atoms with Gasteiger partial charge in [0, 0.05) is 10.9 Å². The van der Waals surface area contributed by atoms with Crippen molar-refractivity contribution in [3.05, 3.63) is 29.8 Å². The van der Waals surface area contributed by atoms with Crippen molar-refractivity contribution in [3.8, 4) is 5.75 Å². The second-order valence-electron chi connectivity index (χ2n) is 9.09. The van der Waals surface area contributed by atoms with Gasteiger partial charge < -0.3 is 15.2 Å². The zero-order chi connectivity index (χ0) is 20.9. The Labute approximate surface area is 176 Å². The van der Waals surface area contributed by atoms with Gasteiger partial charge in [-0.05, 0) is 68.6 Å². The minimum atomic E-state index is -4.45. The summed E-state index contributed by atoms with van der Waals surface area (Å²) in [5, 5.41) is 13.0. The van der Waals surface area contributed by atoms with Crippen LogP contribution in [0, 0.1) is 17.3 Å². The van der Waals surface area contributed by atoms with Crippen LogP contribution >= 0.6 is 15.9 Å². The SMILES string of the molecule is O=C(NCC(O)COc1cccc(C(F)(F)F)c1)C12CC3CC(CC(Br)(C3)C1)C2. The highest BCUT2D eigenvalue weighted by atomic mass is 79.9. The molecular weight excluding hydrogens is 451 g/mol. The van der Waals surface area contributed by atoms with E-state index in [1.54, 1.807) is 0 Å². The standard InChI is InChI=1S/C21H25BrF3NO3/c22-20-8-13-4-14(9-20)7-19(6-13,12-20)18(28)26-10-16(27)11-29-17-3-1-2-15(5-17)21(23,24)25/h1-3,5,13-14,16,27H,4,6-12H2,(H,26,28). The van der Waals surface area contributed by atoms with Crippen molar-refractivity contribution in [1.29, 1.82) is 0 Å². The minimum Gasteiger partial charge on any atom is -0.491 e. The second-order valence-corrected chi connectivity index (χ2v) is 10.8. The highest BCUT2D eigenvalue weighted by molar-refractivity contribution is 9.10. The van der Waals surface area contributed by atoms with Gasteiger partial charge in [-0.25, -0.2) is 0 Å². The Morgan fingerprint density at radius 2 is 1.97 bits per heavy atom. The van der Waals surface area contributed by atoms with Crippen LogP contribution in [0.2, 0.25) is 0 Å². The van der Waals surface area contributed by atoms with Crippen LogP contribution in [0.15, 0.2) is 24.3 Å². The first kappa shape index (κ1) is 21.0. The van der Waals surface area contributed by atoms with Crippen molar-refractivity contribution in [2.24, 2.45) is 17.3 Å². The van der Waals surface area contributed by atoms with Gasteiger partial charge in [-0.1, -0.05) is 22.0 Å². The van der Waals surface area contributed by atoms with E-state index in [2.05, 4.69) is 21.2 Å². The average molecular weight is 476 g/mol. The van der Waals surface area contributed by atoms with E-state index in [-0.39, 0.29) is 34.5 Å². The number of carbonyl (C=O) groups is 1. The zero-order valence-corrected chi connectivity index (χ0v) is 17.6. The molecule has 0 spiro atoms. The van der Waals surface area contributed by atoms with Gasteiger partial charge in [-0.15, -0.1) is 0 Å². The smallest absolute Gasteiger partial charge is 0.416 e. The predicted octanol–water partition coefficient (Wildman–Crippen LogP) is 4.30. The van der Waals surface area contributed by atoms with E-state index in [0.717, 1.165) is 44.2 Å². The van der Waals surface area contributed by atoms with E-state index >= 15 is 0 Å². The lowest BCUT2D eigenvalue weighted by atomic mass is 9.49. The Morgan fingerprint density at radius 3 is 2.59 bits per heavy atom. The number of aliphatic hydroxyl groups is 1. The first-order valence-corrected chi connectivity index (χ1v) is 10.8. The van der Waals surface area contributed by atoms with E-state index in [4.69, 9.17) is 4.74 Å². The molecular formula is C21H25BrF3NO3. The first-order valence-electron chi connectivity index (χ1n) is 10.0. The van der Waals surface area contributed by atoms with Crippen LogP contribution in [0.4, 0.5) is 13.2 Å². The summed E-state index contributed by atoms with van der Waals surface area (Å²) in [4.78, 5) is 13.0. The fraction of sp³-hybridized carbons (Fsp3) is 0.667. The Bertz CT molecular complexity index is 771. The molecule has 1 amide bonds. The summed E-state index contributed by atoms with van der Waals surface area (Å²) >= 11 is 3.88. The van der Waals surface area contributed by atoms with Crippen molar-refractivity contribution in [1.82, 2.24) is 5.32 Å². The van der Waals surface area contributed by atoms with E-state index < -0.39 is 17.8 Å². The van der Waals surface area contributed by atoms with Crippen molar-refractivity contribution < 1.29 is 27.8 Å². The van der Waals surface area contributed by atoms with Crippen molar-refractivity contribution in [2.45, 2.75) is 55.1 Å². The number of amides is 1. The quantitative estimate of drug-likeness (QED) is 0.603. The maximum atomic E-state index is 13.0. The third kappa shape index (κ3) is 4.43. The third-order valence-corrected chi connectivity index (χ3v) is 7.50. The number of hydrogen-bond donors (Lipinski definition) is 2. The summed E-state index contributed by atoms with van der Waals surface area (Å²) in [7, 11) is 0. The van der Waals surface area contributed by atoms with Crippen LogP contribution in [-0.2, 0) is 11.0 Å². The van der Waals surface area contributed by atoms with E-state index in [1.807, 2.05) is 0 Å². The molecule has 4 aliphatic rings. The zero-order valence-electron chi connectivity index (χ0n) is 16.0. The van der Waals surface area contributed by atoms with Crippen LogP contribution in [0.25, 0.3) is 0 Å². The van der Waals surface area contributed by atoms with Gasteiger partial charge in [0.05, 0.1) is 11.0 Å². The number of nitrogens with one attached hydrogen (secondary N) is 1. The Hall–Kier alpha value is -1.28. The number of alkyl halides is 4. The monoisotopic (exact) mass is 475 g/mol. The summed E-state index contributed by atoms with van der Waals surface area (Å²) in [6, 6.07) is 4.53. The van der Waals surface area contributed by atoms with Crippen molar-refractivity contribution in [2.75, 3.05) is 13.2 Å². The lowest BCUT2D eigenvalue weighted by Gasteiger charge is -2.59. The molecule has 4 aliphatic carbocycles. The highest BCUT2D eigenvalue weighted by Crippen LogP contribution is 2.64. The summed E-state index contributed by atoms with van der Waals surface area (Å²) in [6.07, 6.45) is 0.652. The van der Waals surface area contributed by atoms with Crippen molar-refractivity contribution >= 4 is 21.8 Å². The summed E-state index contributed by atoms with van der Waals surface area (Å²) in [6.45, 7) is -0.174. The summed E-state index contributed by atoms with van der Waals surface area (Å²) in [5.41, 5.74) is -1.17. The predicted molar refractivity (Wildman–Crippen MR) is 105 cm³/mol. The molecule has 4 saturated carbocycles. The molecule has 2 N–H and O–H groups in total. The molecule has 0 heterocycles. The number of carbonyl (C=O) groups excluding carboxylic acids is 1. The molecule has 0 radical (unpaired) electrons. The number of aliphatic hydroxyl groups excluding tert-OH is 1. The summed E-state index contributed by atoms with van der Waals surface area (Å²) in [5.74, 6) is 1.17. The molecule has 4 bridgehead atoms. The number of benzene rings is 1. The maximum Gasteiger partial charge on any atom is 0.416 e. The molecule has 160 valence electrons. The maximum absolute atomic E-state index is 13.0. The fourth-order valence-corrected chi connectivity index (χ4v) is 7.28. The fourth-order valence-electron chi connectivity index (χ4n) is 5.83. The van der Waals surface area contributed by atoms with Crippen molar-refractivity contribution in [3.63, 3.8) is 0 Å². The van der Waals surface area contributed by atoms with Crippen LogP contribution in [-0.4, -0.2) is 34.6 Å². The lowest BCUT2D eigenvalue weighted by Crippen LogP contribution is -2.58. The molecule has 8 heteroatoms. The molecule has 4 fully saturated rings. The lowest BCUT2D eigenvalue weighted by molar-refractivity contribution is -0.144. The molecule has 3 unspecified atom stereocenters. The highest BCUT2D eigenvalue weighted by Gasteiger charge is 2.59. The number of rotatable bonds is 6. The van der Waals surface area contributed by atoms with Gasteiger partial charge in [-0.3, -0.25) is 4.79 Å². The minimum absolute atomic E-state index is 0.0180. The topological polar surface area (TPSA) is 58.6 Å². The largest absolute Gasteiger partial charge is 0.491 e. The van der Waals surface area contributed by atoms with Gasteiger partial charge in [0.2, 0.25) is 5.91 Å². The molecule has 0 saturated heterocycles. The number of hydrogen-bond acceptors (Lipinski definition) is 3. The van der Waals surface area contributed by atoms with Gasteiger partial charge in [0.1, 0.15) is 18.5 Å². The van der Waals surface area contributed by atoms with E-state index in [0.29, 0.717) is 11.8 Å². The average Bonchev–Trinajstić information content (AvgIpc) is 2.62. The molecule has 29 heavy (non-hydrogen) atoms. The third-order valence-electron chi connectivity index (χ3n) is 6.57. The molecule has 1 aromatic carbocycles. The number of halogens is 4. The molecule has 1 aromatic rings. The van der Waals surface area contributed by atoms with Gasteiger partial charge in [0.25, 0.3) is 0 Å². The second kappa shape index (κ2) is 7.45. The van der Waals surface area contributed by atoms with Gasteiger partial charge in [0.15, 0.2) is 0 Å². The van der Waals surface area contributed by atoms with Crippen LogP contribution in [0.3, 0.4) is 0 Å². The normalized spacial score (nSPS) is 34.1. The molecule has 3 atom stereocenters. The Balaban J connectivity index is 1.29. The van der Waals surface area contributed by atoms with Gasteiger partial charge in [-0.2, -0.15) is 13.2 Å². The van der Waals surface area contributed by atoms with E-state index in [1.165, 1.54) is 18.6 Å². The molecule has 0 aliphatic heterocycles. The van der Waals surface area contributed by atoms with Crippen LogP contribution in [0.5, 0.6) is 5.75 Å². The van der Waals surface area contributed by atoms with Gasteiger partial charge >= 0.3 is 6.18 Å². The molecule has 5 rings (SSSR count). The molecule has 0 aromatic heterocycles. The number of ether oxygens (including phenoxy) is 1. The first-order chi connectivity index (χ1) is 13.6.